The SMILES string of the molecule is CC(C)(C)C(=O)N1COCC1C(=O)O. The molecule has 1 heterocycles. The number of amides is 1. The van der Waals surface area contributed by atoms with Gasteiger partial charge in [-0.25, -0.2) is 4.79 Å². The van der Waals surface area contributed by atoms with E-state index < -0.39 is 17.4 Å². The average Bonchev–Trinajstić information content (AvgIpc) is 2.48. The van der Waals surface area contributed by atoms with E-state index in [0.29, 0.717) is 0 Å². The molecule has 1 fully saturated rings. The fourth-order valence-electron chi connectivity index (χ4n) is 1.28. The number of hydrogen-bond acceptors (Lipinski definition) is 3. The molecule has 1 amide bonds. The van der Waals surface area contributed by atoms with E-state index in [9.17, 15) is 9.59 Å². The van der Waals surface area contributed by atoms with E-state index in [4.69, 9.17) is 9.84 Å². The van der Waals surface area contributed by atoms with E-state index in [0.717, 1.165) is 0 Å². The minimum atomic E-state index is -1.01. The summed E-state index contributed by atoms with van der Waals surface area (Å²) in [6, 6.07) is -0.832. The van der Waals surface area contributed by atoms with Crippen LogP contribution in [0.25, 0.3) is 0 Å². The fraction of sp³-hybridized carbons (Fsp3) is 0.778. The Bertz CT molecular complexity index is 256. The number of carbonyl (C=O) groups excluding carboxylic acids is 1. The largest absolute Gasteiger partial charge is 0.480 e. The van der Waals surface area contributed by atoms with Crippen LogP contribution in [0, 0.1) is 5.41 Å². The highest BCUT2D eigenvalue weighted by atomic mass is 16.5. The zero-order valence-electron chi connectivity index (χ0n) is 8.61. The van der Waals surface area contributed by atoms with Crippen molar-refractivity contribution < 1.29 is 19.4 Å². The molecule has 1 atom stereocenters. The molecule has 0 aromatic heterocycles. The predicted molar refractivity (Wildman–Crippen MR) is 48.5 cm³/mol. The van der Waals surface area contributed by atoms with Gasteiger partial charge in [0.25, 0.3) is 0 Å². The van der Waals surface area contributed by atoms with E-state index in [-0.39, 0.29) is 19.2 Å². The van der Waals surface area contributed by atoms with Crippen molar-refractivity contribution in [3.05, 3.63) is 0 Å². The van der Waals surface area contributed by atoms with Gasteiger partial charge >= 0.3 is 5.97 Å². The molecule has 14 heavy (non-hydrogen) atoms. The number of rotatable bonds is 1. The highest BCUT2D eigenvalue weighted by molar-refractivity contribution is 5.87. The molecule has 80 valence electrons. The van der Waals surface area contributed by atoms with Crippen LogP contribution in [0.4, 0.5) is 0 Å². The Labute approximate surface area is 82.6 Å². The van der Waals surface area contributed by atoms with Crippen molar-refractivity contribution in [2.24, 2.45) is 5.41 Å². The molecular formula is C9H15NO4. The third-order valence-corrected chi connectivity index (χ3v) is 2.07. The quantitative estimate of drug-likeness (QED) is 0.662. The van der Waals surface area contributed by atoms with Crippen molar-refractivity contribution in [2.75, 3.05) is 13.3 Å². The molecule has 0 spiro atoms. The molecule has 1 rings (SSSR count). The zero-order valence-corrected chi connectivity index (χ0v) is 8.61. The van der Waals surface area contributed by atoms with E-state index >= 15 is 0 Å². The lowest BCUT2D eigenvalue weighted by molar-refractivity contribution is -0.151. The summed E-state index contributed by atoms with van der Waals surface area (Å²) in [5, 5.41) is 8.82. The average molecular weight is 201 g/mol. The van der Waals surface area contributed by atoms with Gasteiger partial charge in [0.2, 0.25) is 5.91 Å². The number of carbonyl (C=O) groups is 2. The highest BCUT2D eigenvalue weighted by Gasteiger charge is 2.39. The Kier molecular flexibility index (Phi) is 2.80. The first-order chi connectivity index (χ1) is 6.34. The van der Waals surface area contributed by atoms with E-state index in [1.807, 2.05) is 0 Å². The molecule has 5 heteroatoms. The minimum absolute atomic E-state index is 0.0765. The summed E-state index contributed by atoms with van der Waals surface area (Å²) in [5.41, 5.74) is -0.568. The summed E-state index contributed by atoms with van der Waals surface area (Å²) in [6.07, 6.45) is 0. The fourth-order valence-corrected chi connectivity index (χ4v) is 1.28. The van der Waals surface area contributed by atoms with Crippen molar-refractivity contribution in [2.45, 2.75) is 26.8 Å². The number of aliphatic carboxylic acids is 1. The molecule has 0 aromatic carbocycles. The van der Waals surface area contributed by atoms with E-state index in [2.05, 4.69) is 0 Å². The monoisotopic (exact) mass is 201 g/mol. The summed E-state index contributed by atoms with van der Waals surface area (Å²) in [6.45, 7) is 5.43. The zero-order chi connectivity index (χ0) is 10.9. The molecule has 0 saturated carbocycles. The Hall–Kier alpha value is -1.10. The van der Waals surface area contributed by atoms with Crippen molar-refractivity contribution in [3.8, 4) is 0 Å². The van der Waals surface area contributed by atoms with Crippen LogP contribution in [0.5, 0.6) is 0 Å². The van der Waals surface area contributed by atoms with Crippen LogP contribution in [0.3, 0.4) is 0 Å². The summed E-state index contributed by atoms with van der Waals surface area (Å²) >= 11 is 0. The summed E-state index contributed by atoms with van der Waals surface area (Å²) in [4.78, 5) is 23.8. The molecule has 1 saturated heterocycles. The van der Waals surface area contributed by atoms with Gasteiger partial charge in [-0.3, -0.25) is 4.79 Å². The van der Waals surface area contributed by atoms with Crippen LogP contribution in [-0.4, -0.2) is 41.3 Å². The molecule has 1 aliphatic heterocycles. The Morgan fingerprint density at radius 2 is 2.00 bits per heavy atom. The molecule has 0 bridgehead atoms. The lowest BCUT2D eigenvalue weighted by Crippen LogP contribution is -2.46. The predicted octanol–water partition coefficient (Wildman–Crippen LogP) is 0.302. The molecule has 1 aliphatic rings. The van der Waals surface area contributed by atoms with Crippen LogP contribution in [0.1, 0.15) is 20.8 Å². The van der Waals surface area contributed by atoms with Crippen LogP contribution < -0.4 is 0 Å². The molecule has 0 aliphatic carbocycles. The molecule has 1 N–H and O–H groups in total. The van der Waals surface area contributed by atoms with E-state index in [1.54, 1.807) is 20.8 Å². The number of carboxylic acids is 1. The summed E-state index contributed by atoms with van der Waals surface area (Å²) in [5.74, 6) is -1.21. The van der Waals surface area contributed by atoms with Gasteiger partial charge in [0.15, 0.2) is 6.04 Å². The third kappa shape index (κ3) is 2.04. The van der Waals surface area contributed by atoms with Gasteiger partial charge in [0.05, 0.1) is 6.61 Å². The molecule has 5 nitrogen and oxygen atoms in total. The number of ether oxygens (including phenoxy) is 1. The molecule has 0 aromatic rings. The molecule has 0 radical (unpaired) electrons. The maximum atomic E-state index is 11.8. The maximum Gasteiger partial charge on any atom is 0.328 e. The standard InChI is InChI=1S/C9H15NO4/c1-9(2,3)8(13)10-5-14-4-6(10)7(11)12/h6H,4-5H2,1-3H3,(H,11,12). The second kappa shape index (κ2) is 3.57. The van der Waals surface area contributed by atoms with Crippen molar-refractivity contribution >= 4 is 11.9 Å². The van der Waals surface area contributed by atoms with Gasteiger partial charge in [0.1, 0.15) is 6.73 Å². The van der Waals surface area contributed by atoms with Crippen LogP contribution >= 0.6 is 0 Å². The second-order valence-electron chi connectivity index (χ2n) is 4.38. The number of nitrogens with zero attached hydrogens (tertiary/aromatic N) is 1. The topological polar surface area (TPSA) is 66.8 Å². The van der Waals surface area contributed by atoms with Crippen molar-refractivity contribution in [1.29, 1.82) is 0 Å². The van der Waals surface area contributed by atoms with Gasteiger partial charge in [-0.1, -0.05) is 20.8 Å². The molecule has 1 unspecified atom stereocenters. The maximum absolute atomic E-state index is 11.8. The van der Waals surface area contributed by atoms with Gasteiger partial charge in [-0.2, -0.15) is 0 Å². The lowest BCUT2D eigenvalue weighted by atomic mass is 9.94. The first-order valence-corrected chi connectivity index (χ1v) is 4.45. The number of carboxylic acid groups (broad SMARTS) is 1. The molecular weight excluding hydrogens is 186 g/mol. The summed E-state index contributed by atoms with van der Waals surface area (Å²) in [7, 11) is 0. The smallest absolute Gasteiger partial charge is 0.328 e. The van der Waals surface area contributed by atoms with Crippen molar-refractivity contribution in [1.82, 2.24) is 4.90 Å². The Morgan fingerprint density at radius 1 is 1.43 bits per heavy atom. The van der Waals surface area contributed by atoms with Gasteiger partial charge in [0, 0.05) is 5.41 Å². The minimum Gasteiger partial charge on any atom is -0.480 e. The van der Waals surface area contributed by atoms with E-state index in [1.165, 1.54) is 4.90 Å². The second-order valence-corrected chi connectivity index (χ2v) is 4.38. The Balaban J connectivity index is 2.77. The lowest BCUT2D eigenvalue weighted by Gasteiger charge is -2.27. The summed E-state index contributed by atoms with van der Waals surface area (Å²) < 4.78 is 4.97. The number of hydrogen-bond donors (Lipinski definition) is 1. The van der Waals surface area contributed by atoms with Gasteiger partial charge in [-0.05, 0) is 0 Å². The van der Waals surface area contributed by atoms with Gasteiger partial charge in [-0.15, -0.1) is 0 Å². The van der Waals surface area contributed by atoms with Gasteiger partial charge < -0.3 is 14.7 Å². The van der Waals surface area contributed by atoms with Crippen LogP contribution in [0.2, 0.25) is 0 Å². The first-order valence-electron chi connectivity index (χ1n) is 4.45. The van der Waals surface area contributed by atoms with Crippen molar-refractivity contribution in [3.63, 3.8) is 0 Å². The van der Waals surface area contributed by atoms with Crippen LogP contribution in [-0.2, 0) is 14.3 Å². The normalized spacial score (nSPS) is 22.5. The van der Waals surface area contributed by atoms with Crippen LogP contribution in [0.15, 0.2) is 0 Å². The third-order valence-electron chi connectivity index (χ3n) is 2.07. The Morgan fingerprint density at radius 3 is 2.43 bits per heavy atom. The first kappa shape index (κ1) is 11.0. The highest BCUT2D eigenvalue weighted by Crippen LogP contribution is 2.21.